The number of aliphatic carboxylic acids is 1. The highest BCUT2D eigenvalue weighted by Crippen LogP contribution is 2.33. The van der Waals surface area contributed by atoms with E-state index in [1.54, 1.807) is 6.92 Å². The summed E-state index contributed by atoms with van der Waals surface area (Å²) >= 11 is 0. The number of fused-ring (bicyclic) bond motifs is 3. The smallest absolute Gasteiger partial charge is 0.329 e. The van der Waals surface area contributed by atoms with E-state index < -0.39 is 11.5 Å². The number of hydrogen-bond donors (Lipinski definition) is 3. The highest BCUT2D eigenvalue weighted by Gasteiger charge is 2.40. The fourth-order valence-corrected chi connectivity index (χ4v) is 2.59. The van der Waals surface area contributed by atoms with E-state index >= 15 is 0 Å². The standard InChI is InChI=1S/C13H14N2O2/c1-13(12(16)17)11-9(6-7-14-13)8-4-2-3-5-10(8)15-11/h2-5,14-15H,6-7H2,1H3,(H,16,17)/t13-/m0/s1. The predicted molar refractivity (Wildman–Crippen MR) is 65.0 cm³/mol. The van der Waals surface area contributed by atoms with Gasteiger partial charge < -0.3 is 10.1 Å². The Bertz CT molecular complexity index is 602. The van der Waals surface area contributed by atoms with E-state index in [2.05, 4.69) is 10.3 Å². The molecule has 4 heteroatoms. The Labute approximate surface area is 98.6 Å². The molecule has 2 aromatic rings. The number of benzene rings is 1. The average molecular weight is 230 g/mol. The Kier molecular flexibility index (Phi) is 2.03. The van der Waals surface area contributed by atoms with Gasteiger partial charge in [0.05, 0.1) is 5.69 Å². The summed E-state index contributed by atoms with van der Waals surface area (Å²) in [6.07, 6.45) is 0.863. The lowest BCUT2D eigenvalue weighted by Gasteiger charge is -2.31. The zero-order chi connectivity index (χ0) is 12.0. The van der Waals surface area contributed by atoms with Crippen molar-refractivity contribution in [1.29, 1.82) is 0 Å². The lowest BCUT2D eigenvalue weighted by molar-refractivity contribution is -0.145. The van der Waals surface area contributed by atoms with Crippen molar-refractivity contribution >= 4 is 16.9 Å². The number of carbonyl (C=O) groups is 1. The van der Waals surface area contributed by atoms with Crippen LogP contribution in [-0.2, 0) is 16.8 Å². The third kappa shape index (κ3) is 1.31. The van der Waals surface area contributed by atoms with Crippen molar-refractivity contribution in [3.8, 4) is 0 Å². The van der Waals surface area contributed by atoms with E-state index in [-0.39, 0.29) is 0 Å². The second-order valence-electron chi connectivity index (χ2n) is 4.63. The van der Waals surface area contributed by atoms with Crippen LogP contribution in [0.3, 0.4) is 0 Å². The summed E-state index contributed by atoms with van der Waals surface area (Å²) in [6.45, 7) is 2.40. The highest BCUT2D eigenvalue weighted by molar-refractivity contribution is 5.89. The van der Waals surface area contributed by atoms with E-state index in [1.165, 1.54) is 0 Å². The number of H-pyrrole nitrogens is 1. The van der Waals surface area contributed by atoms with Crippen LogP contribution in [0.15, 0.2) is 24.3 Å². The molecule has 3 rings (SSSR count). The average Bonchev–Trinajstić information content (AvgIpc) is 2.70. The minimum Gasteiger partial charge on any atom is -0.480 e. The molecule has 1 aliphatic heterocycles. The topological polar surface area (TPSA) is 65.1 Å². The maximum absolute atomic E-state index is 11.4. The highest BCUT2D eigenvalue weighted by atomic mass is 16.4. The molecule has 1 aromatic carbocycles. The van der Waals surface area contributed by atoms with Crippen molar-refractivity contribution in [3.63, 3.8) is 0 Å². The number of carboxylic acids is 1. The molecule has 0 aliphatic carbocycles. The second-order valence-corrected chi connectivity index (χ2v) is 4.63. The van der Waals surface area contributed by atoms with Gasteiger partial charge in [0, 0.05) is 17.4 Å². The molecular weight excluding hydrogens is 216 g/mol. The Balaban J connectivity index is 2.31. The number of para-hydroxylation sites is 1. The molecule has 0 amide bonds. The summed E-state index contributed by atoms with van der Waals surface area (Å²) < 4.78 is 0. The molecule has 88 valence electrons. The molecule has 17 heavy (non-hydrogen) atoms. The monoisotopic (exact) mass is 230 g/mol. The molecule has 0 saturated carbocycles. The number of rotatable bonds is 1. The summed E-state index contributed by atoms with van der Waals surface area (Å²) in [4.78, 5) is 14.7. The van der Waals surface area contributed by atoms with Crippen molar-refractivity contribution in [1.82, 2.24) is 10.3 Å². The number of aromatic amines is 1. The minimum absolute atomic E-state index is 0.692. The fourth-order valence-electron chi connectivity index (χ4n) is 2.59. The Morgan fingerprint density at radius 3 is 2.94 bits per heavy atom. The molecule has 3 N–H and O–H groups in total. The van der Waals surface area contributed by atoms with Crippen molar-refractivity contribution in [3.05, 3.63) is 35.5 Å². The van der Waals surface area contributed by atoms with Gasteiger partial charge in [-0.05, 0) is 25.0 Å². The van der Waals surface area contributed by atoms with Gasteiger partial charge in [0.25, 0.3) is 0 Å². The zero-order valence-corrected chi connectivity index (χ0v) is 9.58. The predicted octanol–water partition coefficient (Wildman–Crippen LogP) is 1.61. The van der Waals surface area contributed by atoms with E-state index in [1.807, 2.05) is 24.3 Å². The first-order valence-corrected chi connectivity index (χ1v) is 5.71. The van der Waals surface area contributed by atoms with Crippen LogP contribution < -0.4 is 5.32 Å². The minimum atomic E-state index is -1.01. The number of nitrogens with one attached hydrogen (secondary N) is 2. The molecular formula is C13H14N2O2. The lowest BCUT2D eigenvalue weighted by atomic mass is 9.89. The maximum atomic E-state index is 11.4. The first kappa shape index (κ1) is 10.4. The molecule has 4 nitrogen and oxygen atoms in total. The van der Waals surface area contributed by atoms with E-state index in [9.17, 15) is 9.90 Å². The van der Waals surface area contributed by atoms with Gasteiger partial charge in [-0.15, -0.1) is 0 Å². The van der Waals surface area contributed by atoms with Crippen LogP contribution in [0.4, 0.5) is 0 Å². The quantitative estimate of drug-likeness (QED) is 0.697. The molecule has 0 radical (unpaired) electrons. The van der Waals surface area contributed by atoms with Crippen LogP contribution >= 0.6 is 0 Å². The van der Waals surface area contributed by atoms with Gasteiger partial charge in [-0.1, -0.05) is 18.2 Å². The van der Waals surface area contributed by atoms with Gasteiger partial charge in [-0.3, -0.25) is 5.32 Å². The second kappa shape index (κ2) is 3.34. The summed E-state index contributed by atoms with van der Waals surface area (Å²) in [5.74, 6) is -0.843. The SMILES string of the molecule is C[C@]1(C(=O)O)NCCc2c1[nH]c1ccccc21. The first-order valence-electron chi connectivity index (χ1n) is 5.71. The molecule has 0 unspecified atom stereocenters. The normalized spacial score (nSPS) is 23.6. The van der Waals surface area contributed by atoms with Gasteiger partial charge in [0.1, 0.15) is 0 Å². The van der Waals surface area contributed by atoms with Gasteiger partial charge in [-0.25, -0.2) is 4.79 Å². The van der Waals surface area contributed by atoms with Crippen LogP contribution in [0.5, 0.6) is 0 Å². The van der Waals surface area contributed by atoms with Gasteiger partial charge in [0.2, 0.25) is 0 Å². The van der Waals surface area contributed by atoms with Gasteiger partial charge >= 0.3 is 5.97 Å². The van der Waals surface area contributed by atoms with Crippen LogP contribution in [0, 0.1) is 0 Å². The first-order chi connectivity index (χ1) is 8.13. The maximum Gasteiger partial charge on any atom is 0.329 e. The lowest BCUT2D eigenvalue weighted by Crippen LogP contribution is -2.50. The summed E-state index contributed by atoms with van der Waals surface area (Å²) in [5.41, 5.74) is 1.92. The van der Waals surface area contributed by atoms with E-state index in [0.717, 1.165) is 28.6 Å². The molecule has 1 aromatic heterocycles. The van der Waals surface area contributed by atoms with E-state index in [4.69, 9.17) is 0 Å². The van der Waals surface area contributed by atoms with Gasteiger partial charge in [0.15, 0.2) is 5.54 Å². The Morgan fingerprint density at radius 1 is 1.41 bits per heavy atom. The molecule has 0 saturated heterocycles. The van der Waals surface area contributed by atoms with Crippen molar-refractivity contribution in [2.24, 2.45) is 0 Å². The van der Waals surface area contributed by atoms with Crippen LogP contribution in [0.2, 0.25) is 0 Å². The summed E-state index contributed by atoms with van der Waals surface area (Å²) in [7, 11) is 0. The third-order valence-electron chi connectivity index (χ3n) is 3.59. The Hall–Kier alpha value is -1.81. The van der Waals surface area contributed by atoms with E-state index in [0.29, 0.717) is 6.54 Å². The molecule has 0 bridgehead atoms. The molecule has 1 atom stereocenters. The molecule has 1 aliphatic rings. The van der Waals surface area contributed by atoms with Crippen molar-refractivity contribution in [2.75, 3.05) is 6.54 Å². The van der Waals surface area contributed by atoms with Crippen LogP contribution in [-0.4, -0.2) is 22.6 Å². The summed E-state index contributed by atoms with van der Waals surface area (Å²) in [6, 6.07) is 7.96. The number of hydrogen-bond acceptors (Lipinski definition) is 2. The largest absolute Gasteiger partial charge is 0.480 e. The summed E-state index contributed by atoms with van der Waals surface area (Å²) in [5, 5.41) is 13.6. The van der Waals surface area contributed by atoms with Crippen LogP contribution in [0.25, 0.3) is 10.9 Å². The Morgan fingerprint density at radius 2 is 2.18 bits per heavy atom. The van der Waals surface area contributed by atoms with Crippen molar-refractivity contribution < 1.29 is 9.90 Å². The number of carboxylic acid groups (broad SMARTS) is 1. The molecule has 0 spiro atoms. The molecule has 2 heterocycles. The van der Waals surface area contributed by atoms with Crippen molar-refractivity contribution in [2.45, 2.75) is 18.9 Å². The van der Waals surface area contributed by atoms with Crippen LogP contribution in [0.1, 0.15) is 18.2 Å². The zero-order valence-electron chi connectivity index (χ0n) is 9.58. The molecule has 0 fully saturated rings. The fraction of sp³-hybridized carbons (Fsp3) is 0.308. The van der Waals surface area contributed by atoms with Gasteiger partial charge in [-0.2, -0.15) is 0 Å². The third-order valence-corrected chi connectivity index (χ3v) is 3.59. The number of aromatic nitrogens is 1.